The summed E-state index contributed by atoms with van der Waals surface area (Å²) >= 11 is 1.68. The van der Waals surface area contributed by atoms with Crippen LogP contribution < -0.4 is 0 Å². The minimum atomic E-state index is -0.797. The molecule has 1 N–H and O–H groups in total. The predicted molar refractivity (Wildman–Crippen MR) is 80.8 cm³/mol. The zero-order valence-electron chi connectivity index (χ0n) is 11.7. The standard InChI is InChI=1S/C17H17NOS/c1-11-9-14(12(2)20-11)16(19)17(10-18)8-7-13-5-3-4-6-15(13)17/h3-6,9,16,19H,7-8H2,1-2H3. The molecule has 2 nitrogen and oxygen atoms in total. The third-order valence-electron chi connectivity index (χ3n) is 4.33. The van der Waals surface area contributed by atoms with E-state index in [1.165, 1.54) is 10.4 Å². The molecule has 0 bridgehead atoms. The van der Waals surface area contributed by atoms with Gasteiger partial charge in [0.05, 0.1) is 6.07 Å². The SMILES string of the molecule is Cc1cc(C(O)C2(C#N)CCc3ccccc32)c(C)s1. The Morgan fingerprint density at radius 2 is 2.10 bits per heavy atom. The Labute approximate surface area is 123 Å². The lowest BCUT2D eigenvalue weighted by Crippen LogP contribution is -2.29. The Hall–Kier alpha value is -1.63. The smallest absolute Gasteiger partial charge is 0.113 e. The minimum Gasteiger partial charge on any atom is -0.386 e. The maximum absolute atomic E-state index is 10.9. The van der Waals surface area contributed by atoms with Crippen LogP contribution in [0.1, 0.15) is 39.0 Å². The second-order valence-electron chi connectivity index (χ2n) is 5.51. The van der Waals surface area contributed by atoms with Gasteiger partial charge in [-0.3, -0.25) is 0 Å². The van der Waals surface area contributed by atoms with E-state index in [0.29, 0.717) is 6.42 Å². The number of thiophene rings is 1. The quantitative estimate of drug-likeness (QED) is 0.911. The number of aliphatic hydroxyl groups excluding tert-OH is 1. The van der Waals surface area contributed by atoms with Gasteiger partial charge in [-0.2, -0.15) is 5.26 Å². The fourth-order valence-electron chi connectivity index (χ4n) is 3.29. The van der Waals surface area contributed by atoms with Gasteiger partial charge < -0.3 is 5.11 Å². The van der Waals surface area contributed by atoms with Crippen molar-refractivity contribution in [3.63, 3.8) is 0 Å². The molecule has 1 aromatic carbocycles. The van der Waals surface area contributed by atoms with E-state index >= 15 is 0 Å². The topological polar surface area (TPSA) is 44.0 Å². The van der Waals surface area contributed by atoms with E-state index in [-0.39, 0.29) is 0 Å². The van der Waals surface area contributed by atoms with Gasteiger partial charge in [-0.05, 0) is 49.4 Å². The maximum atomic E-state index is 10.9. The van der Waals surface area contributed by atoms with E-state index < -0.39 is 11.5 Å². The zero-order valence-corrected chi connectivity index (χ0v) is 12.5. The van der Waals surface area contributed by atoms with Crippen molar-refractivity contribution in [2.24, 2.45) is 0 Å². The minimum absolute atomic E-state index is 0.693. The highest BCUT2D eigenvalue weighted by Crippen LogP contribution is 2.48. The Morgan fingerprint density at radius 3 is 2.75 bits per heavy atom. The van der Waals surface area contributed by atoms with Gasteiger partial charge in [0.15, 0.2) is 0 Å². The van der Waals surface area contributed by atoms with Crippen molar-refractivity contribution in [3.05, 3.63) is 56.8 Å². The van der Waals surface area contributed by atoms with Crippen molar-refractivity contribution in [1.29, 1.82) is 5.26 Å². The summed E-state index contributed by atoms with van der Waals surface area (Å²) in [4.78, 5) is 2.28. The molecule has 3 rings (SSSR count). The molecular weight excluding hydrogens is 266 g/mol. The van der Waals surface area contributed by atoms with Crippen LogP contribution in [0, 0.1) is 25.2 Å². The number of fused-ring (bicyclic) bond motifs is 1. The second-order valence-corrected chi connectivity index (χ2v) is 6.97. The largest absolute Gasteiger partial charge is 0.386 e. The number of aryl methyl sites for hydroxylation is 3. The lowest BCUT2D eigenvalue weighted by atomic mass is 9.75. The summed E-state index contributed by atoms with van der Waals surface area (Å²) in [5.41, 5.74) is 2.30. The van der Waals surface area contributed by atoms with E-state index in [0.717, 1.165) is 22.4 Å². The van der Waals surface area contributed by atoms with Crippen LogP contribution in [0.15, 0.2) is 30.3 Å². The van der Waals surface area contributed by atoms with Crippen molar-refractivity contribution in [1.82, 2.24) is 0 Å². The molecule has 0 saturated heterocycles. The lowest BCUT2D eigenvalue weighted by molar-refractivity contribution is 0.110. The van der Waals surface area contributed by atoms with Crippen LogP contribution in [0.3, 0.4) is 0 Å². The fourth-order valence-corrected chi connectivity index (χ4v) is 4.25. The van der Waals surface area contributed by atoms with Crippen molar-refractivity contribution in [3.8, 4) is 6.07 Å². The molecule has 1 aromatic heterocycles. The monoisotopic (exact) mass is 283 g/mol. The average Bonchev–Trinajstić information content (AvgIpc) is 2.99. The molecule has 2 aromatic rings. The van der Waals surface area contributed by atoms with Crippen LogP contribution in [0.2, 0.25) is 0 Å². The first-order valence-electron chi connectivity index (χ1n) is 6.83. The van der Waals surface area contributed by atoms with E-state index in [2.05, 4.69) is 12.1 Å². The van der Waals surface area contributed by atoms with Crippen molar-refractivity contribution < 1.29 is 5.11 Å². The van der Waals surface area contributed by atoms with E-state index in [4.69, 9.17) is 0 Å². The number of hydrogen-bond acceptors (Lipinski definition) is 3. The van der Waals surface area contributed by atoms with Crippen molar-refractivity contribution in [2.75, 3.05) is 0 Å². The molecule has 2 unspecified atom stereocenters. The Bertz CT molecular complexity index is 697. The van der Waals surface area contributed by atoms with Gasteiger partial charge in [0.25, 0.3) is 0 Å². The van der Waals surface area contributed by atoms with Crippen LogP contribution >= 0.6 is 11.3 Å². The van der Waals surface area contributed by atoms with Gasteiger partial charge in [0.1, 0.15) is 11.5 Å². The van der Waals surface area contributed by atoms with Gasteiger partial charge in [-0.15, -0.1) is 11.3 Å². The van der Waals surface area contributed by atoms with E-state index in [1.54, 1.807) is 11.3 Å². The third kappa shape index (κ3) is 1.80. The van der Waals surface area contributed by atoms with Gasteiger partial charge in [0, 0.05) is 9.75 Å². The molecule has 1 heterocycles. The highest BCUT2D eigenvalue weighted by Gasteiger charge is 2.46. The third-order valence-corrected chi connectivity index (χ3v) is 5.31. The molecule has 0 amide bonds. The van der Waals surface area contributed by atoms with Gasteiger partial charge in [-0.1, -0.05) is 24.3 Å². The number of aliphatic hydroxyl groups is 1. The van der Waals surface area contributed by atoms with Crippen LogP contribution in [-0.4, -0.2) is 5.11 Å². The summed E-state index contributed by atoms with van der Waals surface area (Å²) in [5.74, 6) is 0. The highest BCUT2D eigenvalue weighted by molar-refractivity contribution is 7.12. The summed E-state index contributed by atoms with van der Waals surface area (Å²) < 4.78 is 0. The number of nitrogens with zero attached hydrogens (tertiary/aromatic N) is 1. The molecule has 2 atom stereocenters. The summed E-state index contributed by atoms with van der Waals surface area (Å²) in [6, 6.07) is 12.4. The summed E-state index contributed by atoms with van der Waals surface area (Å²) in [6.45, 7) is 4.05. The average molecular weight is 283 g/mol. The van der Waals surface area contributed by atoms with Crippen molar-refractivity contribution >= 4 is 11.3 Å². The second kappa shape index (κ2) is 4.73. The summed E-state index contributed by atoms with van der Waals surface area (Å²) in [5, 5.41) is 20.7. The van der Waals surface area contributed by atoms with Crippen LogP contribution in [-0.2, 0) is 11.8 Å². The molecule has 0 radical (unpaired) electrons. The zero-order chi connectivity index (χ0) is 14.3. The Morgan fingerprint density at radius 1 is 1.35 bits per heavy atom. The van der Waals surface area contributed by atoms with E-state index in [9.17, 15) is 10.4 Å². The van der Waals surface area contributed by atoms with Gasteiger partial charge in [-0.25, -0.2) is 0 Å². The lowest BCUT2D eigenvalue weighted by Gasteiger charge is -2.28. The summed E-state index contributed by atoms with van der Waals surface area (Å²) in [7, 11) is 0. The molecule has 20 heavy (non-hydrogen) atoms. The molecule has 102 valence electrons. The maximum Gasteiger partial charge on any atom is 0.113 e. The van der Waals surface area contributed by atoms with Crippen molar-refractivity contribution in [2.45, 2.75) is 38.2 Å². The first kappa shape index (κ1) is 13.4. The normalized spacial score (nSPS) is 22.3. The Kier molecular flexibility index (Phi) is 3.16. The first-order valence-corrected chi connectivity index (χ1v) is 7.65. The number of benzene rings is 1. The van der Waals surface area contributed by atoms with E-state index in [1.807, 2.05) is 38.1 Å². The van der Waals surface area contributed by atoms with Crippen LogP contribution in [0.4, 0.5) is 0 Å². The van der Waals surface area contributed by atoms with Crippen LogP contribution in [0.25, 0.3) is 0 Å². The highest BCUT2D eigenvalue weighted by atomic mass is 32.1. The molecule has 0 spiro atoms. The van der Waals surface area contributed by atoms with Gasteiger partial charge >= 0.3 is 0 Å². The molecule has 0 fully saturated rings. The number of hydrogen-bond donors (Lipinski definition) is 1. The van der Waals surface area contributed by atoms with Crippen LogP contribution in [0.5, 0.6) is 0 Å². The molecule has 1 aliphatic rings. The Balaban J connectivity index is 2.12. The molecule has 0 saturated carbocycles. The van der Waals surface area contributed by atoms with Gasteiger partial charge in [0.2, 0.25) is 0 Å². The number of rotatable bonds is 2. The predicted octanol–water partition coefficient (Wildman–Crippen LogP) is 3.81. The molecule has 0 aliphatic heterocycles. The molecular formula is C17H17NOS. The summed E-state index contributed by atoms with van der Waals surface area (Å²) in [6.07, 6.45) is 0.808. The number of nitriles is 1. The molecule has 1 aliphatic carbocycles. The fraction of sp³-hybridized carbons (Fsp3) is 0.353. The molecule has 3 heteroatoms. The first-order chi connectivity index (χ1) is 9.58.